The highest BCUT2D eigenvalue weighted by molar-refractivity contribution is 5.90. The summed E-state index contributed by atoms with van der Waals surface area (Å²) in [5, 5.41) is 10.9. The van der Waals surface area contributed by atoms with Crippen LogP contribution in [0.5, 0.6) is 0 Å². The molecule has 102 valence electrons. The number of nitrogens with one attached hydrogen (secondary N) is 1. The van der Waals surface area contributed by atoms with Crippen LogP contribution in [-0.4, -0.2) is 32.5 Å². The zero-order chi connectivity index (χ0) is 13.7. The third kappa shape index (κ3) is 3.16. The molecule has 1 N–H and O–H groups in total. The molecule has 0 aliphatic heterocycles. The Hall–Kier alpha value is -2.22. The van der Waals surface area contributed by atoms with Crippen molar-refractivity contribution in [1.82, 2.24) is 25.2 Å². The van der Waals surface area contributed by atoms with Gasteiger partial charge in [-0.3, -0.25) is 4.68 Å². The van der Waals surface area contributed by atoms with E-state index in [1.165, 1.54) is 12.6 Å². The maximum atomic E-state index is 11.7. The Morgan fingerprint density at radius 3 is 3.05 bits per heavy atom. The number of carbonyl (C=O) groups excluding carboxylic acids is 1. The van der Waals surface area contributed by atoms with Crippen LogP contribution in [0.2, 0.25) is 0 Å². The Balaban J connectivity index is 1.99. The minimum atomic E-state index is -0.369. The Bertz CT molecular complexity index is 535. The largest absolute Gasteiger partial charge is 0.462 e. The second kappa shape index (κ2) is 6.10. The standard InChI is InChI=1S/C11H15N5O3/c1-3-18-11(17)8-4-14-16(2)9(8)5-12-6-10-13-7-19-15-10/h4,7,12H,3,5-6H2,1-2H3. The number of hydrogen-bond donors (Lipinski definition) is 1. The van der Waals surface area contributed by atoms with E-state index in [0.717, 1.165) is 5.69 Å². The summed E-state index contributed by atoms with van der Waals surface area (Å²) >= 11 is 0. The first-order chi connectivity index (χ1) is 9.22. The molecule has 0 amide bonds. The zero-order valence-corrected chi connectivity index (χ0v) is 10.8. The number of esters is 1. The van der Waals surface area contributed by atoms with Crippen LogP contribution in [0.4, 0.5) is 0 Å². The van der Waals surface area contributed by atoms with Crippen molar-refractivity contribution >= 4 is 5.97 Å². The molecule has 0 saturated heterocycles. The lowest BCUT2D eigenvalue weighted by Gasteiger charge is -2.06. The Kier molecular flexibility index (Phi) is 4.24. The summed E-state index contributed by atoms with van der Waals surface area (Å²) in [7, 11) is 1.77. The molecule has 8 nitrogen and oxygen atoms in total. The molecule has 2 aromatic rings. The molecule has 8 heteroatoms. The first-order valence-electron chi connectivity index (χ1n) is 5.86. The molecule has 0 unspecified atom stereocenters. The number of rotatable bonds is 6. The number of aromatic nitrogens is 4. The van der Waals surface area contributed by atoms with E-state index in [2.05, 4.69) is 25.1 Å². The lowest BCUT2D eigenvalue weighted by atomic mass is 10.2. The van der Waals surface area contributed by atoms with Gasteiger partial charge in [-0.1, -0.05) is 5.16 Å². The van der Waals surface area contributed by atoms with E-state index in [0.29, 0.717) is 31.1 Å². The van der Waals surface area contributed by atoms with Gasteiger partial charge in [0.2, 0.25) is 6.39 Å². The molecule has 2 heterocycles. The third-order valence-electron chi connectivity index (χ3n) is 2.54. The fraction of sp³-hybridized carbons (Fsp3) is 0.455. The van der Waals surface area contributed by atoms with Gasteiger partial charge in [0.05, 0.1) is 25.0 Å². The second-order valence-electron chi connectivity index (χ2n) is 3.80. The van der Waals surface area contributed by atoms with Gasteiger partial charge < -0.3 is 14.6 Å². The Morgan fingerprint density at radius 2 is 2.37 bits per heavy atom. The van der Waals surface area contributed by atoms with E-state index in [9.17, 15) is 4.79 Å². The van der Waals surface area contributed by atoms with Crippen LogP contribution in [0.3, 0.4) is 0 Å². The fourth-order valence-corrected chi connectivity index (χ4v) is 1.61. The molecule has 0 aliphatic rings. The SMILES string of the molecule is CCOC(=O)c1cnn(C)c1CNCc1ncon1. The molecular weight excluding hydrogens is 250 g/mol. The monoisotopic (exact) mass is 265 g/mol. The van der Waals surface area contributed by atoms with E-state index in [-0.39, 0.29) is 5.97 Å². The molecule has 0 fully saturated rings. The van der Waals surface area contributed by atoms with Gasteiger partial charge in [0.1, 0.15) is 5.56 Å². The highest BCUT2D eigenvalue weighted by Crippen LogP contribution is 2.09. The van der Waals surface area contributed by atoms with E-state index >= 15 is 0 Å². The quantitative estimate of drug-likeness (QED) is 0.749. The van der Waals surface area contributed by atoms with Crippen LogP contribution in [-0.2, 0) is 24.9 Å². The normalized spacial score (nSPS) is 10.6. The van der Waals surface area contributed by atoms with E-state index < -0.39 is 0 Å². The lowest BCUT2D eigenvalue weighted by Crippen LogP contribution is -2.19. The van der Waals surface area contributed by atoms with Crippen molar-refractivity contribution < 1.29 is 14.1 Å². The van der Waals surface area contributed by atoms with E-state index in [4.69, 9.17) is 4.74 Å². The molecule has 2 aromatic heterocycles. The summed E-state index contributed by atoms with van der Waals surface area (Å²) in [4.78, 5) is 15.6. The highest BCUT2D eigenvalue weighted by Gasteiger charge is 2.16. The van der Waals surface area contributed by atoms with E-state index in [1.54, 1.807) is 18.7 Å². The van der Waals surface area contributed by atoms with Crippen LogP contribution in [0.1, 0.15) is 28.8 Å². The fourth-order valence-electron chi connectivity index (χ4n) is 1.61. The van der Waals surface area contributed by atoms with Gasteiger partial charge in [0.25, 0.3) is 0 Å². The van der Waals surface area contributed by atoms with Crippen LogP contribution < -0.4 is 5.32 Å². The molecule has 0 atom stereocenters. The van der Waals surface area contributed by atoms with Crippen molar-refractivity contribution in [3.8, 4) is 0 Å². The van der Waals surface area contributed by atoms with Crippen LogP contribution in [0.25, 0.3) is 0 Å². The summed E-state index contributed by atoms with van der Waals surface area (Å²) in [6.07, 6.45) is 2.77. The van der Waals surface area contributed by atoms with E-state index in [1.807, 2.05) is 0 Å². The molecule has 2 rings (SSSR count). The first-order valence-corrected chi connectivity index (χ1v) is 5.86. The summed E-state index contributed by atoms with van der Waals surface area (Å²) in [5.74, 6) is 0.187. The van der Waals surface area contributed by atoms with Crippen molar-refractivity contribution in [2.45, 2.75) is 20.0 Å². The molecule has 0 bridgehead atoms. The van der Waals surface area contributed by atoms with Crippen LogP contribution >= 0.6 is 0 Å². The average molecular weight is 265 g/mol. The predicted molar refractivity (Wildman–Crippen MR) is 64.0 cm³/mol. The van der Waals surface area contributed by atoms with Crippen molar-refractivity contribution in [3.05, 3.63) is 29.7 Å². The van der Waals surface area contributed by atoms with Crippen molar-refractivity contribution in [3.63, 3.8) is 0 Å². The molecule has 0 aromatic carbocycles. The van der Waals surface area contributed by atoms with Gasteiger partial charge in [-0.25, -0.2) is 4.79 Å². The molecule has 0 spiro atoms. The molecule has 19 heavy (non-hydrogen) atoms. The van der Waals surface area contributed by atoms with Gasteiger partial charge in [0, 0.05) is 13.6 Å². The van der Waals surface area contributed by atoms with Crippen molar-refractivity contribution in [2.75, 3.05) is 6.61 Å². The lowest BCUT2D eigenvalue weighted by molar-refractivity contribution is 0.0524. The Labute approximate surface area is 109 Å². The summed E-state index contributed by atoms with van der Waals surface area (Å²) < 4.78 is 11.2. The minimum absolute atomic E-state index is 0.337. The minimum Gasteiger partial charge on any atom is -0.462 e. The van der Waals surface area contributed by atoms with Gasteiger partial charge in [-0.2, -0.15) is 10.1 Å². The maximum Gasteiger partial charge on any atom is 0.341 e. The van der Waals surface area contributed by atoms with Crippen molar-refractivity contribution in [2.24, 2.45) is 7.05 Å². The van der Waals surface area contributed by atoms with Crippen LogP contribution in [0.15, 0.2) is 17.1 Å². The number of aryl methyl sites for hydroxylation is 1. The molecule has 0 saturated carbocycles. The summed E-state index contributed by atoms with van der Waals surface area (Å²) in [6, 6.07) is 0. The Morgan fingerprint density at radius 1 is 1.53 bits per heavy atom. The topological polar surface area (TPSA) is 95.1 Å². The number of nitrogens with zero attached hydrogens (tertiary/aromatic N) is 4. The van der Waals surface area contributed by atoms with Gasteiger partial charge >= 0.3 is 5.97 Å². The average Bonchev–Trinajstić information content (AvgIpc) is 3.01. The third-order valence-corrected chi connectivity index (χ3v) is 2.54. The zero-order valence-electron chi connectivity index (χ0n) is 10.8. The summed E-state index contributed by atoms with van der Waals surface area (Å²) in [6.45, 7) is 3.01. The van der Waals surface area contributed by atoms with Crippen LogP contribution in [0, 0.1) is 0 Å². The summed E-state index contributed by atoms with van der Waals surface area (Å²) in [5.41, 5.74) is 1.21. The number of ether oxygens (including phenoxy) is 1. The first kappa shape index (κ1) is 13.2. The van der Waals surface area contributed by atoms with Gasteiger partial charge in [-0.15, -0.1) is 0 Å². The number of hydrogen-bond acceptors (Lipinski definition) is 7. The molecular formula is C11H15N5O3. The highest BCUT2D eigenvalue weighted by atomic mass is 16.5. The van der Waals surface area contributed by atoms with Gasteiger partial charge in [-0.05, 0) is 6.92 Å². The molecule has 0 aliphatic carbocycles. The smallest absolute Gasteiger partial charge is 0.341 e. The second-order valence-corrected chi connectivity index (χ2v) is 3.80. The van der Waals surface area contributed by atoms with Gasteiger partial charge in [0.15, 0.2) is 5.82 Å². The van der Waals surface area contributed by atoms with Crippen molar-refractivity contribution in [1.29, 1.82) is 0 Å². The number of carbonyl (C=O) groups is 1. The predicted octanol–water partition coefficient (Wildman–Crippen LogP) is 0.270. The molecule has 0 radical (unpaired) electrons. The maximum absolute atomic E-state index is 11.7.